The van der Waals surface area contributed by atoms with Crippen LogP contribution in [0.1, 0.15) is 26.3 Å². The lowest BCUT2D eigenvalue weighted by atomic mass is 10.1. The standard InChI is InChI=1S/C28H30Cl3N3O4S/c1-19(2)16-32-28(36)20(3)33(17-21-9-7-8-12-24(21)29)27(35)18-34(22-13-14-25(30)26(31)15-22)39(37,38)23-10-5-4-6-11-23/h4-15,19-20H,16-18H2,1-3H3,(H,32,36). The van der Waals surface area contributed by atoms with E-state index in [-0.39, 0.29) is 39.0 Å². The zero-order valence-electron chi connectivity index (χ0n) is 21.8. The summed E-state index contributed by atoms with van der Waals surface area (Å²) in [5.74, 6) is -0.765. The summed E-state index contributed by atoms with van der Waals surface area (Å²) < 4.78 is 28.5. The number of amides is 2. The topological polar surface area (TPSA) is 86.8 Å². The third kappa shape index (κ3) is 7.88. The van der Waals surface area contributed by atoms with Gasteiger partial charge in [0.25, 0.3) is 10.0 Å². The van der Waals surface area contributed by atoms with Crippen molar-refractivity contribution in [1.82, 2.24) is 10.2 Å². The van der Waals surface area contributed by atoms with Crippen LogP contribution >= 0.6 is 34.8 Å². The fourth-order valence-corrected chi connectivity index (χ4v) is 5.65. The Morgan fingerprint density at radius 3 is 2.10 bits per heavy atom. The van der Waals surface area contributed by atoms with Gasteiger partial charge < -0.3 is 10.2 Å². The van der Waals surface area contributed by atoms with Crippen molar-refractivity contribution >= 4 is 62.3 Å². The molecule has 0 aliphatic carbocycles. The first-order chi connectivity index (χ1) is 18.4. The zero-order chi connectivity index (χ0) is 28.7. The van der Waals surface area contributed by atoms with Gasteiger partial charge in [-0.25, -0.2) is 8.42 Å². The Morgan fingerprint density at radius 2 is 1.49 bits per heavy atom. The van der Waals surface area contributed by atoms with E-state index in [0.29, 0.717) is 17.1 Å². The number of nitrogens with zero attached hydrogens (tertiary/aromatic N) is 2. The van der Waals surface area contributed by atoms with Crippen LogP contribution in [0.15, 0.2) is 77.7 Å². The van der Waals surface area contributed by atoms with Crippen LogP contribution in [0.4, 0.5) is 5.69 Å². The molecule has 0 saturated carbocycles. The fourth-order valence-electron chi connectivity index (χ4n) is 3.73. The summed E-state index contributed by atoms with van der Waals surface area (Å²) >= 11 is 18.7. The predicted molar refractivity (Wildman–Crippen MR) is 157 cm³/mol. The first-order valence-corrected chi connectivity index (χ1v) is 14.8. The van der Waals surface area contributed by atoms with E-state index in [0.717, 1.165) is 4.31 Å². The maximum Gasteiger partial charge on any atom is 0.264 e. The number of anilines is 1. The number of rotatable bonds is 11. The highest BCUT2D eigenvalue weighted by Crippen LogP contribution is 2.31. The normalized spacial score (nSPS) is 12.2. The van der Waals surface area contributed by atoms with Crippen LogP contribution < -0.4 is 9.62 Å². The molecule has 11 heteroatoms. The van der Waals surface area contributed by atoms with E-state index in [2.05, 4.69) is 5.32 Å². The van der Waals surface area contributed by atoms with Gasteiger partial charge in [0.2, 0.25) is 11.8 Å². The molecule has 3 rings (SSSR count). The molecular weight excluding hydrogens is 581 g/mol. The van der Waals surface area contributed by atoms with Crippen LogP contribution in [0, 0.1) is 5.92 Å². The Balaban J connectivity index is 2.03. The van der Waals surface area contributed by atoms with Crippen molar-refractivity contribution in [2.45, 2.75) is 38.3 Å². The van der Waals surface area contributed by atoms with E-state index in [9.17, 15) is 18.0 Å². The number of nitrogens with one attached hydrogen (secondary N) is 1. The molecule has 1 N–H and O–H groups in total. The highest BCUT2D eigenvalue weighted by Gasteiger charge is 2.33. The predicted octanol–water partition coefficient (Wildman–Crippen LogP) is 6.03. The molecule has 7 nitrogen and oxygen atoms in total. The number of sulfonamides is 1. The summed E-state index contributed by atoms with van der Waals surface area (Å²) in [4.78, 5) is 28.2. The van der Waals surface area contributed by atoms with Crippen LogP contribution in [0.5, 0.6) is 0 Å². The van der Waals surface area contributed by atoms with Gasteiger partial charge in [0.15, 0.2) is 0 Å². The highest BCUT2D eigenvalue weighted by molar-refractivity contribution is 7.92. The van der Waals surface area contributed by atoms with Gasteiger partial charge in [0.05, 0.1) is 20.6 Å². The van der Waals surface area contributed by atoms with Gasteiger partial charge in [-0.2, -0.15) is 0 Å². The molecule has 3 aromatic rings. The molecular formula is C28H30Cl3N3O4S. The van der Waals surface area contributed by atoms with E-state index in [1.807, 2.05) is 13.8 Å². The van der Waals surface area contributed by atoms with Gasteiger partial charge in [-0.1, -0.05) is 85.0 Å². The average molecular weight is 611 g/mol. The fraction of sp³-hybridized carbons (Fsp3) is 0.286. The summed E-state index contributed by atoms with van der Waals surface area (Å²) in [5, 5.41) is 3.63. The second kappa shape index (κ2) is 13.5. The van der Waals surface area contributed by atoms with Gasteiger partial charge in [0.1, 0.15) is 12.6 Å². The summed E-state index contributed by atoms with van der Waals surface area (Å²) in [5.41, 5.74) is 0.763. The highest BCUT2D eigenvalue weighted by atomic mass is 35.5. The van der Waals surface area contributed by atoms with Crippen molar-refractivity contribution < 1.29 is 18.0 Å². The lowest BCUT2D eigenvalue weighted by Crippen LogP contribution is -2.51. The molecule has 0 radical (unpaired) electrons. The Hall–Kier alpha value is -2.78. The second-order valence-corrected chi connectivity index (χ2v) is 12.4. The van der Waals surface area contributed by atoms with E-state index in [4.69, 9.17) is 34.8 Å². The summed E-state index contributed by atoms with van der Waals surface area (Å²) in [6, 6.07) is 18.1. The Morgan fingerprint density at radius 1 is 0.846 bits per heavy atom. The largest absolute Gasteiger partial charge is 0.354 e. The minimum absolute atomic E-state index is 0.00459. The van der Waals surface area contributed by atoms with E-state index < -0.39 is 28.5 Å². The maximum atomic E-state index is 13.9. The SMILES string of the molecule is CC(C)CNC(=O)C(C)N(Cc1ccccc1Cl)C(=O)CN(c1ccc(Cl)c(Cl)c1)S(=O)(=O)c1ccccc1. The molecule has 0 aliphatic rings. The Kier molecular flexibility index (Phi) is 10.7. The monoisotopic (exact) mass is 609 g/mol. The van der Waals surface area contributed by atoms with Crippen molar-refractivity contribution in [3.8, 4) is 0 Å². The molecule has 2 amide bonds. The minimum Gasteiger partial charge on any atom is -0.354 e. The molecule has 1 unspecified atom stereocenters. The molecule has 0 spiro atoms. The molecule has 0 heterocycles. The first-order valence-electron chi connectivity index (χ1n) is 12.2. The molecule has 208 valence electrons. The van der Waals surface area contributed by atoms with E-state index >= 15 is 0 Å². The molecule has 0 aromatic heterocycles. The molecule has 0 fully saturated rings. The van der Waals surface area contributed by atoms with Gasteiger partial charge in [0, 0.05) is 18.1 Å². The van der Waals surface area contributed by atoms with Crippen molar-refractivity contribution in [2.75, 3.05) is 17.4 Å². The molecule has 0 bridgehead atoms. The lowest BCUT2D eigenvalue weighted by molar-refractivity contribution is -0.139. The number of hydrogen-bond acceptors (Lipinski definition) is 4. The molecule has 0 aliphatic heterocycles. The van der Waals surface area contributed by atoms with Crippen LogP contribution in [0.2, 0.25) is 15.1 Å². The molecule has 3 aromatic carbocycles. The molecule has 1 atom stereocenters. The van der Waals surface area contributed by atoms with E-state index in [1.54, 1.807) is 49.4 Å². The number of benzene rings is 3. The van der Waals surface area contributed by atoms with Crippen LogP contribution in [-0.4, -0.2) is 44.3 Å². The first kappa shape index (κ1) is 30.8. The van der Waals surface area contributed by atoms with Crippen LogP contribution in [0.3, 0.4) is 0 Å². The van der Waals surface area contributed by atoms with Gasteiger partial charge in [-0.3, -0.25) is 13.9 Å². The third-order valence-corrected chi connectivity index (χ3v) is 8.85. The smallest absolute Gasteiger partial charge is 0.264 e. The summed E-state index contributed by atoms with van der Waals surface area (Å²) in [6.07, 6.45) is 0. The number of hydrogen-bond donors (Lipinski definition) is 1. The van der Waals surface area contributed by atoms with Crippen molar-refractivity contribution in [3.63, 3.8) is 0 Å². The number of carbonyl (C=O) groups is 2. The van der Waals surface area contributed by atoms with Gasteiger partial charge >= 0.3 is 0 Å². The van der Waals surface area contributed by atoms with E-state index in [1.165, 1.54) is 35.2 Å². The number of halogens is 3. The minimum atomic E-state index is -4.20. The Labute approximate surface area is 244 Å². The van der Waals surface area contributed by atoms with Crippen molar-refractivity contribution in [1.29, 1.82) is 0 Å². The summed E-state index contributed by atoms with van der Waals surface area (Å²) in [7, 11) is -4.20. The lowest BCUT2D eigenvalue weighted by Gasteiger charge is -2.32. The van der Waals surface area contributed by atoms with Crippen LogP contribution in [-0.2, 0) is 26.2 Å². The quantitative estimate of drug-likeness (QED) is 0.287. The Bertz CT molecular complexity index is 1420. The number of carbonyl (C=O) groups excluding carboxylic acids is 2. The summed E-state index contributed by atoms with van der Waals surface area (Å²) in [6.45, 7) is 5.34. The molecule has 0 saturated heterocycles. The van der Waals surface area contributed by atoms with Crippen molar-refractivity contribution in [3.05, 3.63) is 93.4 Å². The average Bonchev–Trinajstić information content (AvgIpc) is 2.91. The van der Waals surface area contributed by atoms with Gasteiger partial charge in [-0.05, 0) is 54.8 Å². The van der Waals surface area contributed by atoms with Gasteiger partial charge in [-0.15, -0.1) is 0 Å². The second-order valence-electron chi connectivity index (χ2n) is 9.35. The molecule has 39 heavy (non-hydrogen) atoms. The van der Waals surface area contributed by atoms with Crippen molar-refractivity contribution in [2.24, 2.45) is 5.92 Å². The van der Waals surface area contributed by atoms with Crippen LogP contribution in [0.25, 0.3) is 0 Å². The maximum absolute atomic E-state index is 13.9. The third-order valence-electron chi connectivity index (χ3n) is 5.95. The zero-order valence-corrected chi connectivity index (χ0v) is 24.9.